The molecule has 39 heteroatoms. The Morgan fingerprint density at radius 3 is 1.71 bits per heavy atom. The number of likely N-dealkylation sites (tertiary alicyclic amines) is 1. The Morgan fingerprint density at radius 1 is 0.639 bits per heavy atom. The number of aliphatic hydroxyl groups excluding tert-OH is 1. The molecule has 2 heterocycles. The van der Waals surface area contributed by atoms with Crippen molar-refractivity contribution in [3.05, 3.63) is 59.7 Å². The third-order valence-electron chi connectivity index (χ3n) is 16.9. The standard InChI is InChI=1S/C69H103N15O22S2/c1-37(2)27-50(74-56(91)34-83(24-20-70-40(6)86)25-21-71-41(7)87)69(105)84-23-10-11-53(84)65(101)79-51-35-107-108-36-52(68(104)82(8)54(28-38(3)4)66(102)78-48(31-57(92)93)60(96)72-22-26-106-9)80-67(103)59(39(5)85)81-55(90)33-73-61(97)46(29-42-12-16-44(88)17-13-42)75-62(98)47(30-43-14-18-45(89)19-15-43)76-63(99)49(32-58(94)95)77-64(51)100/h12-19,37-39,46-54,59,85,88-89H,10-11,20-36H2,1-9H3,(H,70,86)(H,71,87)(H,72,96)(H,73,97)(H,74,91)(H,75,98)(H,76,99)(H,77,100)(H,78,102)(H,79,101)(H,80,103)(H,81,90)(H,92,93)(H,94,95)/t39?,46-,47-,48-,49-,50?,51-,52-,53-,54-,59-/m0/s1. The Balaban J connectivity index is 1.88. The van der Waals surface area contributed by atoms with Crippen molar-refractivity contribution in [1.29, 1.82) is 0 Å². The number of nitrogens with zero attached hydrogens (tertiary/aromatic N) is 3. The van der Waals surface area contributed by atoms with Crippen molar-refractivity contribution < 1.29 is 107 Å². The molecule has 0 spiro atoms. The third-order valence-corrected chi connectivity index (χ3v) is 19.3. The van der Waals surface area contributed by atoms with Crippen molar-refractivity contribution in [2.45, 2.75) is 166 Å². The molecule has 2 unspecified atom stereocenters. The number of carboxylic acids is 2. The van der Waals surface area contributed by atoms with Gasteiger partial charge in [-0.25, -0.2) is 0 Å². The number of amides is 14. The lowest BCUT2D eigenvalue weighted by molar-refractivity contribution is -0.144. The second-order valence-electron chi connectivity index (χ2n) is 26.9. The molecule has 598 valence electrons. The van der Waals surface area contributed by atoms with E-state index in [2.05, 4.69) is 63.8 Å². The van der Waals surface area contributed by atoms with E-state index in [4.69, 9.17) is 4.74 Å². The van der Waals surface area contributed by atoms with E-state index in [-0.39, 0.29) is 120 Å². The number of carbonyl (C=O) groups is 16. The van der Waals surface area contributed by atoms with Crippen LogP contribution in [0.25, 0.3) is 0 Å². The van der Waals surface area contributed by atoms with Crippen LogP contribution < -0.4 is 63.8 Å². The highest BCUT2D eigenvalue weighted by Crippen LogP contribution is 2.27. The molecule has 2 aliphatic heterocycles. The van der Waals surface area contributed by atoms with Crippen LogP contribution in [0.2, 0.25) is 0 Å². The minimum atomic E-state index is -2.08. The van der Waals surface area contributed by atoms with E-state index in [1.165, 1.54) is 81.4 Å². The summed E-state index contributed by atoms with van der Waals surface area (Å²) in [5, 5.41) is 81.6. The number of phenolic OH excluding ortho intramolecular Hbond substituents is 2. The Hall–Kier alpha value is -9.86. The quantitative estimate of drug-likeness (QED) is 0.0238. The van der Waals surface area contributed by atoms with Crippen LogP contribution in [0, 0.1) is 11.8 Å². The number of nitrogens with one attached hydrogen (secondary N) is 12. The van der Waals surface area contributed by atoms with Crippen molar-refractivity contribution in [3.8, 4) is 11.5 Å². The maximum atomic E-state index is 15.1. The topological polar surface area (TPSA) is 538 Å². The number of likely N-dealkylation sites (N-methyl/N-ethyl adjacent to an activating group) is 1. The largest absolute Gasteiger partial charge is 0.508 e. The highest BCUT2D eigenvalue weighted by molar-refractivity contribution is 8.76. The van der Waals surface area contributed by atoms with Gasteiger partial charge in [-0.15, -0.1) is 0 Å². The number of hydrogen-bond donors (Lipinski definition) is 17. The summed E-state index contributed by atoms with van der Waals surface area (Å²) < 4.78 is 4.97. The Bertz CT molecular complexity index is 3440. The number of hydrogen-bond acceptors (Lipinski definition) is 23. The lowest BCUT2D eigenvalue weighted by Crippen LogP contribution is -2.61. The molecule has 37 nitrogen and oxygen atoms in total. The van der Waals surface area contributed by atoms with Gasteiger partial charge in [-0.3, -0.25) is 81.6 Å². The minimum absolute atomic E-state index is 0.00471. The molecule has 108 heavy (non-hydrogen) atoms. The third kappa shape index (κ3) is 31.9. The summed E-state index contributed by atoms with van der Waals surface area (Å²) in [6, 6.07) is -6.02. The number of rotatable bonds is 33. The van der Waals surface area contributed by atoms with Gasteiger partial charge >= 0.3 is 11.9 Å². The van der Waals surface area contributed by atoms with Gasteiger partial charge in [0.2, 0.25) is 82.7 Å². The average Bonchev–Trinajstić information content (AvgIpc) is 1.65. The van der Waals surface area contributed by atoms with E-state index in [9.17, 15) is 92.7 Å². The zero-order valence-electron chi connectivity index (χ0n) is 61.9. The number of aliphatic hydroxyl groups is 1. The van der Waals surface area contributed by atoms with E-state index in [1.807, 2.05) is 0 Å². The summed E-state index contributed by atoms with van der Waals surface area (Å²) in [4.78, 5) is 225. The van der Waals surface area contributed by atoms with Crippen LogP contribution in [0.1, 0.15) is 98.1 Å². The summed E-state index contributed by atoms with van der Waals surface area (Å²) in [6.07, 6.45) is -4.41. The van der Waals surface area contributed by atoms with Crippen molar-refractivity contribution in [2.24, 2.45) is 11.8 Å². The van der Waals surface area contributed by atoms with Gasteiger partial charge in [0.15, 0.2) is 0 Å². The first-order chi connectivity index (χ1) is 51.0. The number of phenols is 2. The summed E-state index contributed by atoms with van der Waals surface area (Å²) in [5.74, 6) is -18.0. The van der Waals surface area contributed by atoms with Crippen LogP contribution in [0.5, 0.6) is 11.5 Å². The lowest BCUT2D eigenvalue weighted by Gasteiger charge is -2.33. The van der Waals surface area contributed by atoms with Gasteiger partial charge in [-0.2, -0.15) is 0 Å². The molecule has 4 rings (SSSR count). The normalized spacial score (nSPS) is 20.5. The number of carbonyl (C=O) groups excluding carboxylic acids is 14. The van der Waals surface area contributed by atoms with Gasteiger partial charge in [0.1, 0.15) is 71.9 Å². The molecule has 0 aromatic heterocycles. The molecule has 0 bridgehead atoms. The number of methoxy groups -OCH3 is 1. The van der Waals surface area contributed by atoms with Gasteiger partial charge < -0.3 is 104 Å². The molecule has 2 fully saturated rings. The molecule has 0 saturated carbocycles. The molecule has 2 saturated heterocycles. The molecule has 2 aromatic rings. The molecule has 2 aliphatic rings. The fourth-order valence-corrected chi connectivity index (χ4v) is 13.7. The van der Waals surface area contributed by atoms with Crippen LogP contribution in [0.4, 0.5) is 0 Å². The maximum absolute atomic E-state index is 15.1. The molecule has 0 aliphatic carbocycles. The van der Waals surface area contributed by atoms with Gasteiger partial charge in [0.25, 0.3) is 0 Å². The van der Waals surface area contributed by atoms with E-state index < -0.39 is 187 Å². The molecule has 17 N–H and O–H groups in total. The second kappa shape index (κ2) is 45.7. The Labute approximate surface area is 632 Å². The molecular formula is C69H103N15O22S2. The first-order valence-corrected chi connectivity index (χ1v) is 37.6. The highest BCUT2D eigenvalue weighted by atomic mass is 33.1. The zero-order valence-corrected chi connectivity index (χ0v) is 63.5. The Morgan fingerprint density at radius 2 is 1.19 bits per heavy atom. The monoisotopic (exact) mass is 1560 g/mol. The number of aliphatic carboxylic acids is 2. The molecule has 0 radical (unpaired) electrons. The summed E-state index contributed by atoms with van der Waals surface area (Å²) in [5.41, 5.74) is 0.624. The summed E-state index contributed by atoms with van der Waals surface area (Å²) in [7, 11) is 4.06. The predicted molar refractivity (Wildman–Crippen MR) is 392 cm³/mol. The highest BCUT2D eigenvalue weighted by Gasteiger charge is 2.42. The number of aromatic hydroxyl groups is 2. The first-order valence-electron chi connectivity index (χ1n) is 35.1. The van der Waals surface area contributed by atoms with Crippen LogP contribution in [-0.4, -0.2) is 286 Å². The van der Waals surface area contributed by atoms with Gasteiger partial charge in [-0.1, -0.05) is 73.5 Å². The second-order valence-corrected chi connectivity index (χ2v) is 29.5. The molecule has 2 aromatic carbocycles. The zero-order chi connectivity index (χ0) is 80.5. The van der Waals surface area contributed by atoms with Crippen LogP contribution >= 0.6 is 21.6 Å². The maximum Gasteiger partial charge on any atom is 0.305 e. The van der Waals surface area contributed by atoms with Crippen molar-refractivity contribution >= 4 is 116 Å². The average molecular weight is 1560 g/mol. The fraction of sp³-hybridized carbons (Fsp3) is 0.594. The van der Waals surface area contributed by atoms with Crippen LogP contribution in [-0.2, 0) is 94.3 Å². The molecule has 11 atom stereocenters. The minimum Gasteiger partial charge on any atom is -0.508 e. The van der Waals surface area contributed by atoms with Crippen molar-refractivity contribution in [2.75, 3.05) is 84.6 Å². The summed E-state index contributed by atoms with van der Waals surface area (Å²) in [6.45, 7) is 10.1. The molecular weight excluding hydrogens is 1450 g/mol. The number of carboxylic acid groups (broad SMARTS) is 2. The lowest BCUT2D eigenvalue weighted by atomic mass is 10.0. The van der Waals surface area contributed by atoms with E-state index in [0.29, 0.717) is 11.1 Å². The van der Waals surface area contributed by atoms with Crippen LogP contribution in [0.3, 0.4) is 0 Å². The fourth-order valence-electron chi connectivity index (χ4n) is 11.4. The predicted octanol–water partition coefficient (Wildman–Crippen LogP) is -4.15. The van der Waals surface area contributed by atoms with Gasteiger partial charge in [0, 0.05) is 91.6 Å². The van der Waals surface area contributed by atoms with E-state index in [0.717, 1.165) is 33.4 Å². The Kier molecular flexibility index (Phi) is 38.3. The number of ether oxygens (including phenoxy) is 1. The number of benzene rings is 2. The SMILES string of the molecule is COCCNC(=O)[C@H](CC(=O)O)NC(=O)[C@H](CC(C)C)N(C)C(=O)[C@@H]1CSSC[C@H](NC(=O)[C@@H]2CCCN2C(=O)C(CC(C)C)NC(=O)CN(CCNC(C)=O)CCNC(C)=O)C(=O)N[C@@H](CC(=O)O)C(=O)N[C@@H](Cc2ccc(O)cc2)C(=O)N[C@@H](Cc2ccc(O)cc2)C(=O)NCC(=O)N[C@@H](C(C)O)C(=O)N1. The van der Waals surface area contributed by atoms with Crippen molar-refractivity contribution in [1.82, 2.24) is 78.5 Å². The summed E-state index contributed by atoms with van der Waals surface area (Å²) >= 11 is 0. The smallest absolute Gasteiger partial charge is 0.305 e. The van der Waals surface area contributed by atoms with E-state index >= 15 is 9.59 Å². The molecule has 14 amide bonds. The van der Waals surface area contributed by atoms with Gasteiger partial charge in [0.05, 0.1) is 38.6 Å². The van der Waals surface area contributed by atoms with Gasteiger partial charge in [-0.05, 0) is 79.8 Å². The van der Waals surface area contributed by atoms with E-state index in [1.54, 1.807) is 32.6 Å². The first kappa shape index (κ1) is 90.5. The van der Waals surface area contributed by atoms with Crippen LogP contribution in [0.15, 0.2) is 48.5 Å². The van der Waals surface area contributed by atoms with Crippen molar-refractivity contribution in [3.63, 3.8) is 0 Å².